The van der Waals surface area contributed by atoms with E-state index in [1.807, 2.05) is 24.3 Å². The van der Waals surface area contributed by atoms with Gasteiger partial charge in [0.2, 0.25) is 11.8 Å². The fourth-order valence-electron chi connectivity index (χ4n) is 6.88. The molecule has 3 aromatic rings. The number of anilines is 1. The standard InChI is InChI=1S/C37H40F2N2O7/c38-28-9-7-25(8-10-28)32(42)16-15-31-34(41(35(31)44)30-13-11-29(39)12-14-30)26-5-3-24(4-6-26)17-18-37(22-47-23-37)48-21-33(43)40-19-1-2-27(20-40)36(45)46/h3-14,27,31-32,34,42H,1-2,15-23H2,(H,45,46)/t27?,31-,32?,34?/m1/s1. The number of β-lactam (4-membered cyclic amide) rings is 1. The Labute approximate surface area is 278 Å². The van der Waals surface area contributed by atoms with Gasteiger partial charge in [-0.2, -0.15) is 0 Å². The van der Waals surface area contributed by atoms with Crippen molar-refractivity contribution in [3.05, 3.63) is 101 Å². The summed E-state index contributed by atoms with van der Waals surface area (Å²) in [6.45, 7) is 1.36. The predicted molar refractivity (Wildman–Crippen MR) is 172 cm³/mol. The summed E-state index contributed by atoms with van der Waals surface area (Å²) in [5.41, 5.74) is 2.54. The van der Waals surface area contributed by atoms with E-state index in [2.05, 4.69) is 0 Å². The predicted octanol–water partition coefficient (Wildman–Crippen LogP) is 5.22. The number of carboxylic acid groups (broad SMARTS) is 1. The number of hydrogen-bond acceptors (Lipinski definition) is 6. The van der Waals surface area contributed by atoms with Crippen molar-refractivity contribution in [3.63, 3.8) is 0 Å². The van der Waals surface area contributed by atoms with E-state index in [1.54, 1.807) is 21.9 Å². The smallest absolute Gasteiger partial charge is 0.308 e. The normalized spacial score (nSPS) is 22.5. The van der Waals surface area contributed by atoms with Gasteiger partial charge in [-0.15, -0.1) is 0 Å². The molecule has 0 aromatic heterocycles. The first-order valence-corrected chi connectivity index (χ1v) is 16.5. The zero-order valence-corrected chi connectivity index (χ0v) is 26.6. The number of nitrogens with zero attached hydrogens (tertiary/aromatic N) is 2. The molecule has 0 aliphatic carbocycles. The minimum absolute atomic E-state index is 0.108. The zero-order chi connectivity index (χ0) is 33.8. The van der Waals surface area contributed by atoms with Crippen LogP contribution >= 0.6 is 0 Å². The molecule has 3 fully saturated rings. The number of likely N-dealkylation sites (tertiary alicyclic amines) is 1. The lowest BCUT2D eigenvalue weighted by Gasteiger charge is -2.48. The van der Waals surface area contributed by atoms with Crippen LogP contribution in [0.5, 0.6) is 0 Å². The Balaban J connectivity index is 1.09. The molecule has 0 saturated carbocycles. The van der Waals surface area contributed by atoms with E-state index in [1.165, 1.54) is 36.4 Å². The van der Waals surface area contributed by atoms with Crippen LogP contribution < -0.4 is 4.90 Å². The van der Waals surface area contributed by atoms with Gasteiger partial charge in [-0.1, -0.05) is 36.4 Å². The van der Waals surface area contributed by atoms with E-state index in [0.29, 0.717) is 69.5 Å². The molecule has 48 heavy (non-hydrogen) atoms. The fourth-order valence-corrected chi connectivity index (χ4v) is 6.88. The Morgan fingerprint density at radius 1 is 0.979 bits per heavy atom. The highest BCUT2D eigenvalue weighted by Gasteiger charge is 2.48. The fraction of sp³-hybridized carbons (Fsp3) is 0.432. The number of ether oxygens (including phenoxy) is 2. The molecule has 3 aliphatic rings. The first kappa shape index (κ1) is 33.7. The van der Waals surface area contributed by atoms with Gasteiger partial charge in [0.05, 0.1) is 37.2 Å². The summed E-state index contributed by atoms with van der Waals surface area (Å²) >= 11 is 0. The van der Waals surface area contributed by atoms with Crippen molar-refractivity contribution in [3.8, 4) is 0 Å². The zero-order valence-electron chi connectivity index (χ0n) is 26.6. The summed E-state index contributed by atoms with van der Waals surface area (Å²) in [5.74, 6) is -2.93. The second-order valence-corrected chi connectivity index (χ2v) is 13.1. The van der Waals surface area contributed by atoms with Gasteiger partial charge in [-0.25, -0.2) is 8.78 Å². The van der Waals surface area contributed by atoms with Crippen LogP contribution in [-0.4, -0.2) is 71.4 Å². The molecule has 3 aliphatic heterocycles. The molecule has 0 bridgehead atoms. The number of hydrogen-bond donors (Lipinski definition) is 2. The van der Waals surface area contributed by atoms with Crippen LogP contribution in [0.1, 0.15) is 60.9 Å². The number of rotatable bonds is 13. The van der Waals surface area contributed by atoms with E-state index in [0.717, 1.165) is 11.1 Å². The number of aliphatic hydroxyl groups excluding tert-OH is 1. The summed E-state index contributed by atoms with van der Waals surface area (Å²) < 4.78 is 38.6. The van der Waals surface area contributed by atoms with Crippen LogP contribution in [0.2, 0.25) is 0 Å². The van der Waals surface area contributed by atoms with Crippen LogP contribution in [0.25, 0.3) is 0 Å². The largest absolute Gasteiger partial charge is 0.481 e. The molecule has 3 aromatic carbocycles. The van der Waals surface area contributed by atoms with Crippen molar-refractivity contribution in [2.75, 3.05) is 37.8 Å². The topological polar surface area (TPSA) is 117 Å². The van der Waals surface area contributed by atoms with E-state index in [4.69, 9.17) is 9.47 Å². The molecule has 2 amide bonds. The van der Waals surface area contributed by atoms with Crippen molar-refractivity contribution in [1.82, 2.24) is 4.90 Å². The van der Waals surface area contributed by atoms with Crippen molar-refractivity contribution in [2.24, 2.45) is 11.8 Å². The SMILES string of the molecule is O=C(O)C1CCCN(C(=O)COC2(CCc3ccc(C4[C@@H](CCC(O)c5ccc(F)cc5)C(=O)N4c4ccc(F)cc4)cc3)COC2)C1. The number of halogens is 2. The van der Waals surface area contributed by atoms with Gasteiger partial charge in [0.1, 0.15) is 23.8 Å². The Kier molecular flexibility index (Phi) is 10.2. The maximum atomic E-state index is 13.7. The molecule has 0 radical (unpaired) electrons. The Bertz CT molecular complexity index is 1600. The quantitative estimate of drug-likeness (QED) is 0.241. The van der Waals surface area contributed by atoms with Gasteiger partial charge in [-0.3, -0.25) is 14.4 Å². The molecular weight excluding hydrogens is 622 g/mol. The van der Waals surface area contributed by atoms with Gasteiger partial charge < -0.3 is 29.5 Å². The molecule has 3 unspecified atom stereocenters. The summed E-state index contributed by atoms with van der Waals surface area (Å²) in [6.07, 6.45) is 2.41. The highest BCUT2D eigenvalue weighted by atomic mass is 19.1. The van der Waals surface area contributed by atoms with E-state index in [9.17, 15) is 33.4 Å². The summed E-state index contributed by atoms with van der Waals surface area (Å²) in [6, 6.07) is 19.1. The molecule has 6 rings (SSSR count). The van der Waals surface area contributed by atoms with E-state index in [-0.39, 0.29) is 36.8 Å². The lowest BCUT2D eigenvalue weighted by molar-refractivity contribution is -0.214. The van der Waals surface area contributed by atoms with E-state index >= 15 is 0 Å². The lowest BCUT2D eigenvalue weighted by Crippen LogP contribution is -2.55. The summed E-state index contributed by atoms with van der Waals surface area (Å²) in [7, 11) is 0. The number of amides is 2. The average molecular weight is 663 g/mol. The number of aliphatic hydroxyl groups is 1. The van der Waals surface area contributed by atoms with Crippen LogP contribution in [-0.2, 0) is 30.3 Å². The van der Waals surface area contributed by atoms with Gasteiger partial charge in [-0.05, 0) is 91.6 Å². The number of aliphatic carboxylic acids is 1. The van der Waals surface area contributed by atoms with Crippen molar-refractivity contribution in [1.29, 1.82) is 0 Å². The van der Waals surface area contributed by atoms with Gasteiger partial charge >= 0.3 is 5.97 Å². The van der Waals surface area contributed by atoms with Crippen molar-refractivity contribution >= 4 is 23.5 Å². The molecular formula is C37H40F2N2O7. The van der Waals surface area contributed by atoms with Crippen LogP contribution in [0.4, 0.5) is 14.5 Å². The molecule has 9 nitrogen and oxygen atoms in total. The molecule has 11 heteroatoms. The molecule has 3 saturated heterocycles. The van der Waals surface area contributed by atoms with Crippen LogP contribution in [0.15, 0.2) is 72.8 Å². The highest BCUT2D eigenvalue weighted by molar-refractivity contribution is 6.03. The van der Waals surface area contributed by atoms with Gasteiger partial charge in [0, 0.05) is 18.8 Å². The number of carboxylic acids is 1. The lowest BCUT2D eigenvalue weighted by atomic mass is 9.78. The summed E-state index contributed by atoms with van der Waals surface area (Å²) in [4.78, 5) is 40.9. The molecule has 254 valence electrons. The van der Waals surface area contributed by atoms with Gasteiger partial charge in [0.15, 0.2) is 0 Å². The Hall–Kier alpha value is -4.19. The third-order valence-electron chi connectivity index (χ3n) is 9.87. The third-order valence-corrected chi connectivity index (χ3v) is 9.87. The first-order valence-electron chi connectivity index (χ1n) is 16.5. The second-order valence-electron chi connectivity index (χ2n) is 13.1. The van der Waals surface area contributed by atoms with Crippen molar-refractivity contribution < 1.29 is 42.9 Å². The van der Waals surface area contributed by atoms with Crippen LogP contribution in [0.3, 0.4) is 0 Å². The van der Waals surface area contributed by atoms with Gasteiger partial charge in [0.25, 0.3) is 0 Å². The van der Waals surface area contributed by atoms with E-state index < -0.39 is 35.3 Å². The first-order chi connectivity index (χ1) is 23.1. The summed E-state index contributed by atoms with van der Waals surface area (Å²) in [5, 5.41) is 20.1. The Morgan fingerprint density at radius 3 is 2.27 bits per heavy atom. The highest BCUT2D eigenvalue weighted by Crippen LogP contribution is 2.46. The third kappa shape index (κ3) is 7.43. The maximum Gasteiger partial charge on any atom is 0.308 e. The number of aryl methyl sites for hydroxylation is 1. The molecule has 4 atom stereocenters. The molecule has 3 heterocycles. The molecule has 2 N–H and O–H groups in total. The average Bonchev–Trinajstić information content (AvgIpc) is 3.08. The second kappa shape index (κ2) is 14.5. The Morgan fingerprint density at radius 2 is 1.65 bits per heavy atom. The number of piperidine rings is 1. The maximum absolute atomic E-state index is 13.7. The monoisotopic (exact) mass is 662 g/mol. The molecule has 0 spiro atoms. The minimum Gasteiger partial charge on any atom is -0.481 e. The number of carbonyl (C=O) groups excluding carboxylic acids is 2. The number of carbonyl (C=O) groups is 3. The van der Waals surface area contributed by atoms with Crippen molar-refractivity contribution in [2.45, 2.75) is 56.3 Å². The van der Waals surface area contributed by atoms with Crippen LogP contribution in [0, 0.1) is 23.5 Å². The number of benzene rings is 3. The minimum atomic E-state index is -0.883.